The van der Waals surface area contributed by atoms with Gasteiger partial charge in [0, 0.05) is 0 Å². The van der Waals surface area contributed by atoms with E-state index in [1.165, 1.54) is 12.1 Å². The number of carbonyl (C=O) groups is 1. The fraction of sp³-hybridized carbons (Fsp3) is 0.133. The Morgan fingerprint density at radius 2 is 1.96 bits per heavy atom. The monoisotopic (exact) mass is 357 g/mol. The average molecular weight is 358 g/mol. The average Bonchev–Trinajstić information content (AvgIpc) is 2.50. The number of carbonyl (C=O) groups excluding carboxylic acids is 1. The molecular formula is C15H13ClFNO4S. The zero-order valence-corrected chi connectivity index (χ0v) is 13.6. The second-order valence-corrected chi connectivity index (χ2v) is 6.54. The van der Waals surface area contributed by atoms with E-state index in [0.717, 1.165) is 18.2 Å². The summed E-state index contributed by atoms with van der Waals surface area (Å²) < 4.78 is 45.0. The van der Waals surface area contributed by atoms with Crippen molar-refractivity contribution in [3.8, 4) is 0 Å². The minimum absolute atomic E-state index is 0.0615. The highest BCUT2D eigenvalue weighted by Crippen LogP contribution is 2.24. The molecule has 0 amide bonds. The van der Waals surface area contributed by atoms with Gasteiger partial charge < -0.3 is 4.74 Å². The Morgan fingerprint density at radius 1 is 1.26 bits per heavy atom. The van der Waals surface area contributed by atoms with Gasteiger partial charge in [-0.15, -0.1) is 0 Å². The first kappa shape index (κ1) is 17.2. The molecule has 0 bridgehead atoms. The van der Waals surface area contributed by atoms with Gasteiger partial charge in [0.1, 0.15) is 5.82 Å². The fourth-order valence-corrected chi connectivity index (χ4v) is 3.16. The number of esters is 1. The first-order valence-electron chi connectivity index (χ1n) is 6.59. The Morgan fingerprint density at radius 3 is 2.61 bits per heavy atom. The Labute approximate surface area is 138 Å². The van der Waals surface area contributed by atoms with Crippen molar-refractivity contribution in [2.24, 2.45) is 0 Å². The van der Waals surface area contributed by atoms with Gasteiger partial charge in [-0.3, -0.25) is 4.72 Å². The van der Waals surface area contributed by atoms with E-state index in [0.29, 0.717) is 0 Å². The van der Waals surface area contributed by atoms with Crippen LogP contribution >= 0.6 is 11.6 Å². The van der Waals surface area contributed by atoms with Gasteiger partial charge in [-0.2, -0.15) is 0 Å². The molecule has 0 fully saturated rings. The standard InChI is InChI=1S/C15H13ClFNO4S/c1-2-22-15(19)11-5-3-4-6-14(11)18-23(20,21)10-7-8-13(17)12(16)9-10/h3-9,18H,2H2,1H3. The predicted octanol–water partition coefficient (Wildman–Crippen LogP) is 3.46. The van der Waals surface area contributed by atoms with Crippen LogP contribution < -0.4 is 4.72 Å². The van der Waals surface area contributed by atoms with Gasteiger partial charge in [0.15, 0.2) is 0 Å². The molecule has 0 heterocycles. The van der Waals surface area contributed by atoms with E-state index in [2.05, 4.69) is 4.72 Å². The molecular weight excluding hydrogens is 345 g/mol. The molecule has 0 aromatic heterocycles. The summed E-state index contributed by atoms with van der Waals surface area (Å²) in [6.07, 6.45) is 0. The predicted molar refractivity (Wildman–Crippen MR) is 84.6 cm³/mol. The summed E-state index contributed by atoms with van der Waals surface area (Å²) in [4.78, 5) is 11.6. The number of para-hydroxylation sites is 1. The number of anilines is 1. The maximum atomic E-state index is 13.2. The lowest BCUT2D eigenvalue weighted by Gasteiger charge is -2.12. The summed E-state index contributed by atoms with van der Waals surface area (Å²) in [5, 5.41) is -0.313. The molecule has 1 N–H and O–H groups in total. The Balaban J connectivity index is 2.38. The molecule has 2 aromatic rings. The van der Waals surface area contributed by atoms with E-state index in [1.807, 2.05) is 0 Å². The van der Waals surface area contributed by atoms with Crippen molar-refractivity contribution < 1.29 is 22.3 Å². The van der Waals surface area contributed by atoms with E-state index in [9.17, 15) is 17.6 Å². The quantitative estimate of drug-likeness (QED) is 0.832. The normalized spacial score (nSPS) is 11.1. The molecule has 0 aliphatic heterocycles. The van der Waals surface area contributed by atoms with Gasteiger partial charge >= 0.3 is 5.97 Å². The maximum Gasteiger partial charge on any atom is 0.340 e. The lowest BCUT2D eigenvalue weighted by molar-refractivity contribution is 0.0527. The van der Waals surface area contributed by atoms with Gasteiger partial charge in [-0.25, -0.2) is 17.6 Å². The van der Waals surface area contributed by atoms with Crippen LogP contribution in [0.15, 0.2) is 47.4 Å². The van der Waals surface area contributed by atoms with Crippen molar-refractivity contribution in [2.45, 2.75) is 11.8 Å². The van der Waals surface area contributed by atoms with E-state index < -0.39 is 21.8 Å². The molecule has 0 saturated carbocycles. The number of halogens is 2. The van der Waals surface area contributed by atoms with E-state index in [4.69, 9.17) is 16.3 Å². The van der Waals surface area contributed by atoms with Crippen molar-refractivity contribution >= 4 is 33.3 Å². The number of ether oxygens (including phenoxy) is 1. The number of hydrogen-bond donors (Lipinski definition) is 1. The van der Waals surface area contributed by atoms with Crippen LogP contribution in [-0.4, -0.2) is 21.0 Å². The third kappa shape index (κ3) is 4.00. The molecule has 0 saturated heterocycles. The number of nitrogens with one attached hydrogen (secondary N) is 1. The number of rotatable bonds is 5. The first-order chi connectivity index (χ1) is 10.8. The summed E-state index contributed by atoms with van der Waals surface area (Å²) in [5.41, 5.74) is 0.137. The van der Waals surface area contributed by atoms with Crippen LogP contribution in [0.2, 0.25) is 5.02 Å². The number of benzene rings is 2. The highest BCUT2D eigenvalue weighted by atomic mass is 35.5. The van der Waals surface area contributed by atoms with Gasteiger partial charge in [-0.05, 0) is 37.3 Å². The first-order valence-corrected chi connectivity index (χ1v) is 8.45. The van der Waals surface area contributed by atoms with Crippen LogP contribution in [0.3, 0.4) is 0 Å². The van der Waals surface area contributed by atoms with Crippen molar-refractivity contribution in [1.29, 1.82) is 0 Å². The Kier molecular flexibility index (Phi) is 5.23. The third-order valence-corrected chi connectivity index (χ3v) is 4.52. The molecule has 5 nitrogen and oxygen atoms in total. The topological polar surface area (TPSA) is 72.5 Å². The second-order valence-electron chi connectivity index (χ2n) is 4.45. The van der Waals surface area contributed by atoms with Crippen LogP contribution in [0.1, 0.15) is 17.3 Å². The molecule has 0 radical (unpaired) electrons. The van der Waals surface area contributed by atoms with Crippen molar-refractivity contribution in [1.82, 2.24) is 0 Å². The summed E-state index contributed by atoms with van der Waals surface area (Å²) in [5.74, 6) is -1.37. The highest BCUT2D eigenvalue weighted by molar-refractivity contribution is 7.92. The number of hydrogen-bond acceptors (Lipinski definition) is 4. The molecule has 2 aromatic carbocycles. The minimum Gasteiger partial charge on any atom is -0.462 e. The highest BCUT2D eigenvalue weighted by Gasteiger charge is 2.20. The lowest BCUT2D eigenvalue weighted by atomic mass is 10.2. The second kappa shape index (κ2) is 6.97. The molecule has 23 heavy (non-hydrogen) atoms. The van der Waals surface area contributed by atoms with E-state index in [1.54, 1.807) is 19.1 Å². The van der Waals surface area contributed by atoms with Gasteiger partial charge in [0.2, 0.25) is 0 Å². The Hall–Kier alpha value is -2.12. The minimum atomic E-state index is -4.03. The van der Waals surface area contributed by atoms with Crippen LogP contribution in [0, 0.1) is 5.82 Å². The summed E-state index contributed by atoms with van der Waals surface area (Å²) in [6.45, 7) is 1.80. The zero-order valence-electron chi connectivity index (χ0n) is 12.0. The fourth-order valence-electron chi connectivity index (χ4n) is 1.81. The van der Waals surface area contributed by atoms with E-state index in [-0.39, 0.29) is 27.8 Å². The molecule has 8 heteroatoms. The zero-order chi connectivity index (χ0) is 17.0. The lowest BCUT2D eigenvalue weighted by Crippen LogP contribution is -2.16. The maximum absolute atomic E-state index is 13.2. The molecule has 2 rings (SSSR count). The molecule has 0 spiro atoms. The van der Waals surface area contributed by atoms with Crippen molar-refractivity contribution in [3.63, 3.8) is 0 Å². The molecule has 0 aliphatic rings. The van der Waals surface area contributed by atoms with Crippen molar-refractivity contribution in [3.05, 3.63) is 58.9 Å². The van der Waals surface area contributed by atoms with Gasteiger partial charge in [0.05, 0.1) is 27.8 Å². The van der Waals surface area contributed by atoms with Crippen LogP contribution in [-0.2, 0) is 14.8 Å². The van der Waals surface area contributed by atoms with E-state index >= 15 is 0 Å². The smallest absolute Gasteiger partial charge is 0.340 e. The molecule has 0 unspecified atom stereocenters. The molecule has 0 aliphatic carbocycles. The summed E-state index contributed by atoms with van der Waals surface area (Å²) in [6, 6.07) is 9.04. The van der Waals surface area contributed by atoms with Crippen molar-refractivity contribution in [2.75, 3.05) is 11.3 Å². The van der Waals surface area contributed by atoms with Gasteiger partial charge in [-0.1, -0.05) is 23.7 Å². The molecule has 122 valence electrons. The van der Waals surface area contributed by atoms with Crippen LogP contribution in [0.25, 0.3) is 0 Å². The summed E-state index contributed by atoms with van der Waals surface area (Å²) >= 11 is 5.60. The summed E-state index contributed by atoms with van der Waals surface area (Å²) in [7, 11) is -4.03. The molecule has 0 atom stereocenters. The third-order valence-electron chi connectivity index (χ3n) is 2.87. The number of sulfonamides is 1. The Bertz CT molecular complexity index is 839. The SMILES string of the molecule is CCOC(=O)c1ccccc1NS(=O)(=O)c1ccc(F)c(Cl)c1. The van der Waals surface area contributed by atoms with Gasteiger partial charge in [0.25, 0.3) is 10.0 Å². The van der Waals surface area contributed by atoms with Crippen LogP contribution in [0.4, 0.5) is 10.1 Å². The largest absolute Gasteiger partial charge is 0.462 e. The van der Waals surface area contributed by atoms with Crippen LogP contribution in [0.5, 0.6) is 0 Å².